The first-order valence-electron chi connectivity index (χ1n) is 11.8. The van der Waals surface area contributed by atoms with Crippen LogP contribution in [0.5, 0.6) is 0 Å². The van der Waals surface area contributed by atoms with Gasteiger partial charge in [-0.3, -0.25) is 14.2 Å². The van der Waals surface area contributed by atoms with Gasteiger partial charge in [-0.15, -0.1) is 11.3 Å². The van der Waals surface area contributed by atoms with Gasteiger partial charge in [-0.05, 0) is 36.3 Å². The molecule has 4 heterocycles. The number of rotatable bonds is 4. The number of carbonyl (C=O) groups excluding carboxylic acids is 1. The summed E-state index contributed by atoms with van der Waals surface area (Å²) < 4.78 is 1.46. The Balaban J connectivity index is 1.28. The Morgan fingerprint density at radius 3 is 2.54 bits per heavy atom. The van der Waals surface area contributed by atoms with Gasteiger partial charge in [-0.1, -0.05) is 30.3 Å². The Labute approximate surface area is 206 Å². The second kappa shape index (κ2) is 9.43. The van der Waals surface area contributed by atoms with Crippen molar-refractivity contribution in [1.29, 1.82) is 0 Å². The van der Waals surface area contributed by atoms with Crippen LogP contribution in [-0.2, 0) is 11.3 Å². The van der Waals surface area contributed by atoms with Crippen LogP contribution in [0.15, 0.2) is 52.9 Å². The summed E-state index contributed by atoms with van der Waals surface area (Å²) in [6.07, 6.45) is 1.70. The van der Waals surface area contributed by atoms with E-state index in [1.165, 1.54) is 27.1 Å². The number of thiophene rings is 1. The van der Waals surface area contributed by atoms with Crippen LogP contribution in [0.25, 0.3) is 10.2 Å². The molecular weight excluding hydrogens is 468 g/mol. The first-order valence-corrected chi connectivity index (χ1v) is 12.7. The van der Waals surface area contributed by atoms with E-state index in [2.05, 4.69) is 4.98 Å². The number of carbonyl (C=O) groups is 2. The van der Waals surface area contributed by atoms with E-state index in [4.69, 9.17) is 0 Å². The predicted octanol–water partition coefficient (Wildman–Crippen LogP) is 2.60. The van der Waals surface area contributed by atoms with Gasteiger partial charge in [0.25, 0.3) is 5.56 Å². The molecule has 2 N–H and O–H groups in total. The van der Waals surface area contributed by atoms with Crippen LogP contribution in [0.3, 0.4) is 0 Å². The number of carboxylic acid groups (broad SMARTS) is 1. The van der Waals surface area contributed by atoms with Gasteiger partial charge in [0.1, 0.15) is 4.83 Å². The third-order valence-corrected chi connectivity index (χ3v) is 8.17. The highest BCUT2D eigenvalue weighted by Crippen LogP contribution is 2.35. The van der Waals surface area contributed by atoms with Crippen LogP contribution < -0.4 is 5.56 Å². The van der Waals surface area contributed by atoms with Gasteiger partial charge in [0.2, 0.25) is 5.91 Å². The Morgan fingerprint density at radius 1 is 1.09 bits per heavy atom. The molecule has 2 fully saturated rings. The first kappa shape index (κ1) is 23.5. The molecule has 0 unspecified atom stereocenters. The van der Waals surface area contributed by atoms with Gasteiger partial charge in [0, 0.05) is 38.0 Å². The number of aliphatic hydroxyl groups is 1. The summed E-state index contributed by atoms with van der Waals surface area (Å²) in [5.74, 6) is -0.521. The van der Waals surface area contributed by atoms with Gasteiger partial charge in [-0.2, -0.15) is 0 Å². The molecule has 184 valence electrons. The van der Waals surface area contributed by atoms with E-state index < -0.39 is 11.7 Å². The molecule has 3 aromatic rings. The molecule has 0 radical (unpaired) electrons. The summed E-state index contributed by atoms with van der Waals surface area (Å²) in [6.45, 7) is 1.52. The zero-order valence-corrected chi connectivity index (χ0v) is 20.1. The van der Waals surface area contributed by atoms with Gasteiger partial charge in [-0.25, -0.2) is 9.78 Å². The second-order valence-corrected chi connectivity index (χ2v) is 10.4. The third kappa shape index (κ3) is 4.68. The van der Waals surface area contributed by atoms with E-state index in [1.807, 2.05) is 35.7 Å². The smallest absolute Gasteiger partial charge is 0.407 e. The lowest BCUT2D eigenvalue weighted by Crippen LogP contribution is -2.53. The largest absolute Gasteiger partial charge is 0.465 e. The summed E-state index contributed by atoms with van der Waals surface area (Å²) in [7, 11) is 0. The number of benzene rings is 1. The quantitative estimate of drug-likeness (QED) is 0.574. The molecule has 2 aliphatic heterocycles. The normalized spacial score (nSPS) is 22.3. The summed E-state index contributed by atoms with van der Waals surface area (Å²) in [5.41, 5.74) is -0.308. The Kier molecular flexibility index (Phi) is 6.33. The van der Waals surface area contributed by atoms with E-state index >= 15 is 0 Å². The Hall–Kier alpha value is -3.24. The Bertz CT molecular complexity index is 1280. The molecule has 9 nitrogen and oxygen atoms in total. The maximum absolute atomic E-state index is 13.6. The van der Waals surface area contributed by atoms with E-state index in [0.29, 0.717) is 49.1 Å². The van der Waals surface area contributed by atoms with Crippen molar-refractivity contribution in [2.24, 2.45) is 5.92 Å². The molecule has 0 saturated carbocycles. The highest BCUT2D eigenvalue weighted by molar-refractivity contribution is 7.16. The zero-order valence-electron chi connectivity index (χ0n) is 19.2. The number of amides is 2. The van der Waals surface area contributed by atoms with Crippen molar-refractivity contribution in [3.05, 3.63) is 64.0 Å². The minimum absolute atomic E-state index is 0.00414. The molecule has 2 atom stereocenters. The number of hydrogen-bond donors (Lipinski definition) is 2. The average molecular weight is 497 g/mol. The van der Waals surface area contributed by atoms with Crippen LogP contribution in [-0.4, -0.2) is 73.3 Å². The van der Waals surface area contributed by atoms with Crippen LogP contribution in [0.4, 0.5) is 4.79 Å². The van der Waals surface area contributed by atoms with E-state index in [1.54, 1.807) is 11.0 Å². The molecule has 0 aliphatic carbocycles. The molecular formula is C25H28N4O5S. The topological polar surface area (TPSA) is 116 Å². The highest BCUT2D eigenvalue weighted by Gasteiger charge is 2.41. The molecule has 2 amide bonds. The lowest BCUT2D eigenvalue weighted by atomic mass is 9.79. The molecule has 1 aromatic carbocycles. The van der Waals surface area contributed by atoms with Crippen molar-refractivity contribution in [3.63, 3.8) is 0 Å². The van der Waals surface area contributed by atoms with Crippen molar-refractivity contribution in [3.8, 4) is 0 Å². The van der Waals surface area contributed by atoms with Gasteiger partial charge < -0.3 is 20.0 Å². The molecule has 10 heteroatoms. The number of aromatic nitrogens is 2. The molecule has 0 spiro atoms. The molecule has 2 aromatic heterocycles. The molecule has 2 aliphatic rings. The maximum atomic E-state index is 13.6. The molecule has 0 bridgehead atoms. The highest BCUT2D eigenvalue weighted by atomic mass is 32.1. The summed E-state index contributed by atoms with van der Waals surface area (Å²) in [4.78, 5) is 46.1. The van der Waals surface area contributed by atoms with Gasteiger partial charge in [0.15, 0.2) is 0 Å². The number of hydrogen-bond acceptors (Lipinski definition) is 6. The van der Waals surface area contributed by atoms with Crippen molar-refractivity contribution >= 4 is 33.6 Å². The lowest BCUT2D eigenvalue weighted by Gasteiger charge is -2.42. The maximum Gasteiger partial charge on any atom is 0.407 e. The van der Waals surface area contributed by atoms with Crippen molar-refractivity contribution in [2.75, 3.05) is 26.2 Å². The minimum atomic E-state index is -1.10. The fourth-order valence-corrected chi connectivity index (χ4v) is 6.04. The van der Waals surface area contributed by atoms with Crippen LogP contribution >= 0.6 is 11.3 Å². The lowest BCUT2D eigenvalue weighted by molar-refractivity contribution is -0.142. The number of nitrogens with zero attached hydrogens (tertiary/aromatic N) is 4. The van der Waals surface area contributed by atoms with E-state index in [9.17, 15) is 24.6 Å². The molecule has 5 rings (SSSR count). The van der Waals surface area contributed by atoms with Crippen LogP contribution in [0.1, 0.15) is 30.7 Å². The van der Waals surface area contributed by atoms with Gasteiger partial charge in [0.05, 0.1) is 23.9 Å². The number of fused-ring (bicyclic) bond motifs is 1. The predicted molar refractivity (Wildman–Crippen MR) is 132 cm³/mol. The first-order chi connectivity index (χ1) is 16.8. The van der Waals surface area contributed by atoms with Crippen molar-refractivity contribution < 1.29 is 19.8 Å². The number of likely N-dealkylation sites (tertiary alicyclic amines) is 2. The SMILES string of the molecule is O=C(O)N1CC[C@@H](C(=O)N2CCC(O)(Cn3cnc4sccc4c3=O)CC2)[C@H](c2ccccc2)C1. The van der Waals surface area contributed by atoms with Crippen molar-refractivity contribution in [1.82, 2.24) is 19.4 Å². The standard InChI is InChI=1S/C25H28N4O5S/c30-22(18-6-10-28(24(32)33)14-20(18)17-4-2-1-3-5-17)27-11-8-25(34,9-12-27)15-29-16-26-21-19(23(29)31)7-13-35-21/h1-5,7,13,16,18,20,34H,6,8-12,14-15H2,(H,32,33)/t18-,20+/m1/s1. The number of piperidine rings is 2. The van der Waals surface area contributed by atoms with Crippen LogP contribution in [0.2, 0.25) is 0 Å². The average Bonchev–Trinajstić information content (AvgIpc) is 3.36. The Morgan fingerprint density at radius 2 is 1.83 bits per heavy atom. The minimum Gasteiger partial charge on any atom is -0.465 e. The summed E-state index contributed by atoms with van der Waals surface area (Å²) in [6, 6.07) is 11.4. The monoisotopic (exact) mass is 496 g/mol. The van der Waals surface area contributed by atoms with Crippen molar-refractivity contribution in [2.45, 2.75) is 37.3 Å². The molecule has 35 heavy (non-hydrogen) atoms. The van der Waals surface area contributed by atoms with E-state index in [-0.39, 0.29) is 36.4 Å². The van der Waals surface area contributed by atoms with Gasteiger partial charge >= 0.3 is 6.09 Å². The summed E-state index contributed by atoms with van der Waals surface area (Å²) in [5, 5.41) is 23.1. The second-order valence-electron chi connectivity index (χ2n) is 9.51. The van der Waals surface area contributed by atoms with Crippen LogP contribution in [0, 0.1) is 5.92 Å². The molecule has 2 saturated heterocycles. The fraction of sp³-hybridized carbons (Fsp3) is 0.440. The fourth-order valence-electron chi connectivity index (χ4n) is 5.32. The van der Waals surface area contributed by atoms with E-state index in [0.717, 1.165) is 5.56 Å². The third-order valence-electron chi connectivity index (χ3n) is 7.35. The summed E-state index contributed by atoms with van der Waals surface area (Å²) >= 11 is 1.41. The zero-order chi connectivity index (χ0) is 24.6.